The first-order valence-corrected chi connectivity index (χ1v) is 7.35. The minimum Gasteiger partial charge on any atom is -0.468 e. The molecule has 0 aromatic heterocycles. The number of methoxy groups -OCH3 is 1. The number of carbonyl (C=O) groups excluding carboxylic acids is 2. The summed E-state index contributed by atoms with van der Waals surface area (Å²) in [5.41, 5.74) is 2.02. The van der Waals surface area contributed by atoms with Gasteiger partial charge in [0.15, 0.2) is 0 Å². The van der Waals surface area contributed by atoms with E-state index in [2.05, 4.69) is 10.1 Å². The van der Waals surface area contributed by atoms with Crippen LogP contribution in [0.1, 0.15) is 31.2 Å². The van der Waals surface area contributed by atoms with Crippen molar-refractivity contribution in [2.24, 2.45) is 0 Å². The van der Waals surface area contributed by atoms with Gasteiger partial charge < -0.3 is 15.0 Å². The van der Waals surface area contributed by atoms with E-state index in [0.29, 0.717) is 6.54 Å². The third-order valence-electron chi connectivity index (χ3n) is 3.74. The summed E-state index contributed by atoms with van der Waals surface area (Å²) in [5.74, 6) is -0.547. The number of hydrogen-bond acceptors (Lipinski definition) is 4. The van der Waals surface area contributed by atoms with Gasteiger partial charge in [0, 0.05) is 18.8 Å². The first-order valence-electron chi connectivity index (χ1n) is 7.35. The molecule has 1 amide bonds. The normalized spacial score (nSPS) is 16.6. The van der Waals surface area contributed by atoms with Crippen molar-refractivity contribution in [3.05, 3.63) is 29.8 Å². The van der Waals surface area contributed by atoms with Crippen molar-refractivity contribution in [1.82, 2.24) is 4.90 Å². The second-order valence-electron chi connectivity index (χ2n) is 5.19. The molecule has 0 bridgehead atoms. The molecule has 0 saturated carbocycles. The van der Waals surface area contributed by atoms with Crippen molar-refractivity contribution in [3.8, 4) is 0 Å². The monoisotopic (exact) mass is 290 g/mol. The Hall–Kier alpha value is -2.04. The van der Waals surface area contributed by atoms with E-state index in [1.54, 1.807) is 4.90 Å². The van der Waals surface area contributed by atoms with Gasteiger partial charge in [-0.1, -0.05) is 25.1 Å². The van der Waals surface area contributed by atoms with Crippen LogP contribution >= 0.6 is 0 Å². The van der Waals surface area contributed by atoms with Crippen LogP contribution in [0, 0.1) is 0 Å². The lowest BCUT2D eigenvalue weighted by molar-refractivity contribution is -0.147. The molecule has 1 aromatic rings. The Bertz CT molecular complexity index is 516. The maximum absolute atomic E-state index is 12.8. The van der Waals surface area contributed by atoms with Gasteiger partial charge >= 0.3 is 5.97 Å². The van der Waals surface area contributed by atoms with Crippen molar-refractivity contribution in [2.75, 3.05) is 32.1 Å². The summed E-state index contributed by atoms with van der Waals surface area (Å²) in [5, 5.41) is 3.31. The fraction of sp³-hybridized carbons (Fsp3) is 0.500. The van der Waals surface area contributed by atoms with E-state index in [-0.39, 0.29) is 24.3 Å². The van der Waals surface area contributed by atoms with E-state index >= 15 is 0 Å². The highest BCUT2D eigenvalue weighted by Gasteiger charge is 2.30. The number of para-hydroxylation sites is 1. The van der Waals surface area contributed by atoms with Crippen molar-refractivity contribution in [3.63, 3.8) is 0 Å². The first-order chi connectivity index (χ1) is 10.2. The maximum Gasteiger partial charge on any atom is 0.325 e. The van der Waals surface area contributed by atoms with Crippen LogP contribution in [0.5, 0.6) is 0 Å². The van der Waals surface area contributed by atoms with Gasteiger partial charge in [-0.25, -0.2) is 0 Å². The average molecular weight is 290 g/mol. The molecule has 114 valence electrons. The smallest absolute Gasteiger partial charge is 0.325 e. The van der Waals surface area contributed by atoms with E-state index in [9.17, 15) is 9.59 Å². The second-order valence-corrected chi connectivity index (χ2v) is 5.19. The van der Waals surface area contributed by atoms with Crippen LogP contribution in [-0.4, -0.2) is 43.5 Å². The lowest BCUT2D eigenvalue weighted by atomic mass is 9.89. The molecule has 1 aromatic carbocycles. The summed E-state index contributed by atoms with van der Waals surface area (Å²) in [6.07, 6.45) is 1.56. The fourth-order valence-electron chi connectivity index (χ4n) is 2.70. The van der Waals surface area contributed by atoms with Crippen LogP contribution in [0.3, 0.4) is 0 Å². The number of fused-ring (bicyclic) bond motifs is 1. The fourth-order valence-corrected chi connectivity index (χ4v) is 2.70. The molecule has 5 heteroatoms. The molecule has 1 atom stereocenters. The van der Waals surface area contributed by atoms with E-state index < -0.39 is 0 Å². The summed E-state index contributed by atoms with van der Waals surface area (Å²) in [4.78, 5) is 25.9. The van der Waals surface area contributed by atoms with Crippen LogP contribution in [-0.2, 0) is 14.3 Å². The Morgan fingerprint density at radius 3 is 2.86 bits per heavy atom. The number of amides is 1. The van der Waals surface area contributed by atoms with Crippen LogP contribution in [0.2, 0.25) is 0 Å². The van der Waals surface area contributed by atoms with Gasteiger partial charge in [-0.15, -0.1) is 0 Å². The van der Waals surface area contributed by atoms with Crippen molar-refractivity contribution >= 4 is 17.6 Å². The molecule has 1 N–H and O–H groups in total. The van der Waals surface area contributed by atoms with Crippen molar-refractivity contribution in [1.29, 1.82) is 0 Å². The van der Waals surface area contributed by atoms with Gasteiger partial charge in [-0.3, -0.25) is 9.59 Å². The third kappa shape index (κ3) is 3.54. The quantitative estimate of drug-likeness (QED) is 0.843. The van der Waals surface area contributed by atoms with Crippen LogP contribution < -0.4 is 5.32 Å². The third-order valence-corrected chi connectivity index (χ3v) is 3.74. The average Bonchev–Trinajstić information content (AvgIpc) is 2.53. The van der Waals surface area contributed by atoms with Gasteiger partial charge in [-0.05, 0) is 24.5 Å². The van der Waals surface area contributed by atoms with E-state index in [4.69, 9.17) is 0 Å². The number of hydrogen-bond donors (Lipinski definition) is 1. The number of carbonyl (C=O) groups is 2. The van der Waals surface area contributed by atoms with E-state index in [1.807, 2.05) is 31.2 Å². The summed E-state index contributed by atoms with van der Waals surface area (Å²) in [6, 6.07) is 7.86. The van der Waals surface area contributed by atoms with Crippen LogP contribution in [0.4, 0.5) is 5.69 Å². The number of nitrogens with one attached hydrogen (secondary N) is 1. The number of benzene rings is 1. The number of anilines is 1. The lowest BCUT2D eigenvalue weighted by Gasteiger charge is -2.30. The molecule has 0 radical (unpaired) electrons. The second kappa shape index (κ2) is 7.11. The summed E-state index contributed by atoms with van der Waals surface area (Å²) in [6.45, 7) is 3.36. The van der Waals surface area contributed by atoms with Crippen molar-refractivity contribution < 1.29 is 14.3 Å². The molecule has 1 aliphatic heterocycles. The number of esters is 1. The zero-order valence-corrected chi connectivity index (χ0v) is 12.6. The topological polar surface area (TPSA) is 58.6 Å². The zero-order chi connectivity index (χ0) is 15.2. The van der Waals surface area contributed by atoms with Gasteiger partial charge in [0.2, 0.25) is 5.91 Å². The molecule has 0 fully saturated rings. The molecule has 0 aliphatic carbocycles. The first kappa shape index (κ1) is 15.4. The maximum atomic E-state index is 12.8. The molecule has 1 unspecified atom stereocenters. The van der Waals surface area contributed by atoms with Gasteiger partial charge in [0.25, 0.3) is 0 Å². The predicted octanol–water partition coefficient (Wildman–Crippen LogP) is 2.00. The van der Waals surface area contributed by atoms with Gasteiger partial charge in [0.05, 0.1) is 13.0 Å². The minimum atomic E-state index is -0.376. The minimum absolute atomic E-state index is 0.0104. The van der Waals surface area contributed by atoms with Gasteiger partial charge in [0.1, 0.15) is 6.54 Å². The molecular weight excluding hydrogens is 268 g/mol. The summed E-state index contributed by atoms with van der Waals surface area (Å²) >= 11 is 0. The van der Waals surface area contributed by atoms with Gasteiger partial charge in [-0.2, -0.15) is 0 Å². The number of nitrogens with zero attached hydrogens (tertiary/aromatic N) is 1. The Morgan fingerprint density at radius 2 is 2.14 bits per heavy atom. The zero-order valence-electron chi connectivity index (χ0n) is 12.6. The summed E-state index contributed by atoms with van der Waals surface area (Å²) in [7, 11) is 1.34. The highest BCUT2D eigenvalue weighted by atomic mass is 16.5. The molecule has 1 heterocycles. The lowest BCUT2D eigenvalue weighted by Crippen LogP contribution is -2.41. The SMILES string of the molecule is CCCN(CC(=O)OC)C(=O)C1CCNc2ccccc21. The number of ether oxygens (including phenoxy) is 1. The van der Waals surface area contributed by atoms with Crippen LogP contribution in [0.25, 0.3) is 0 Å². The molecule has 21 heavy (non-hydrogen) atoms. The predicted molar refractivity (Wildman–Crippen MR) is 81.2 cm³/mol. The highest BCUT2D eigenvalue weighted by molar-refractivity contribution is 5.89. The largest absolute Gasteiger partial charge is 0.468 e. The molecule has 5 nitrogen and oxygen atoms in total. The van der Waals surface area contributed by atoms with Crippen LogP contribution in [0.15, 0.2) is 24.3 Å². The molecule has 2 rings (SSSR count). The Kier molecular flexibility index (Phi) is 5.20. The molecule has 0 spiro atoms. The highest BCUT2D eigenvalue weighted by Crippen LogP contribution is 2.32. The Labute approximate surface area is 125 Å². The standard InChI is InChI=1S/C16H22N2O3/c1-3-10-18(11-15(19)21-2)16(20)13-8-9-17-14-7-5-4-6-12(13)14/h4-7,13,17H,3,8-11H2,1-2H3. The Morgan fingerprint density at radius 1 is 1.38 bits per heavy atom. The van der Waals surface area contributed by atoms with E-state index in [1.165, 1.54) is 7.11 Å². The van der Waals surface area contributed by atoms with Crippen molar-refractivity contribution in [2.45, 2.75) is 25.7 Å². The molecular formula is C16H22N2O3. The molecule has 1 aliphatic rings. The van der Waals surface area contributed by atoms with E-state index in [0.717, 1.165) is 30.6 Å². The Balaban J connectivity index is 2.19. The number of rotatable bonds is 5. The summed E-state index contributed by atoms with van der Waals surface area (Å²) < 4.78 is 4.69. The molecule has 0 saturated heterocycles.